The van der Waals surface area contributed by atoms with E-state index in [4.69, 9.17) is 0 Å². The van der Waals surface area contributed by atoms with Crippen LogP contribution in [0.25, 0.3) is 5.65 Å². The molecular formula is C16H18N6OS. The van der Waals surface area contributed by atoms with Crippen LogP contribution in [0.2, 0.25) is 0 Å². The summed E-state index contributed by atoms with van der Waals surface area (Å²) in [6, 6.07) is 5.77. The topological polar surface area (TPSA) is 75.4 Å². The molecule has 4 heterocycles. The third-order valence-corrected chi connectivity index (χ3v) is 5.33. The number of fused-ring (bicyclic) bond motifs is 2. The maximum atomic E-state index is 12.5. The van der Waals surface area contributed by atoms with Crippen molar-refractivity contribution in [1.29, 1.82) is 0 Å². The van der Waals surface area contributed by atoms with E-state index < -0.39 is 0 Å². The van der Waals surface area contributed by atoms with Crippen molar-refractivity contribution in [1.82, 2.24) is 30.0 Å². The molecule has 0 radical (unpaired) electrons. The van der Waals surface area contributed by atoms with Gasteiger partial charge in [0.2, 0.25) is 0 Å². The van der Waals surface area contributed by atoms with Gasteiger partial charge in [0.1, 0.15) is 0 Å². The van der Waals surface area contributed by atoms with Crippen LogP contribution in [-0.4, -0.2) is 44.2 Å². The fourth-order valence-electron chi connectivity index (χ4n) is 2.84. The van der Waals surface area contributed by atoms with Crippen molar-refractivity contribution >= 4 is 22.9 Å². The summed E-state index contributed by atoms with van der Waals surface area (Å²) in [6.07, 6.45) is 1.01. The standard InChI is InChI=1S/C16H18N6OS/c1-10-3-4-14-18-19-15(22(14)20-10)8-17-16(23)12-7-11-5-6-21(2)9-13(11)24-12/h3-4,7H,5-6,8-9H2,1-2H3,(H,17,23). The van der Waals surface area contributed by atoms with Crippen LogP contribution in [0.4, 0.5) is 0 Å². The van der Waals surface area contributed by atoms with Crippen LogP contribution in [0, 0.1) is 6.92 Å². The second kappa shape index (κ2) is 5.95. The zero-order valence-corrected chi connectivity index (χ0v) is 14.4. The lowest BCUT2D eigenvalue weighted by molar-refractivity contribution is 0.0953. The molecule has 24 heavy (non-hydrogen) atoms. The van der Waals surface area contributed by atoms with E-state index in [1.54, 1.807) is 15.9 Å². The Morgan fingerprint density at radius 1 is 1.38 bits per heavy atom. The van der Waals surface area contributed by atoms with Crippen molar-refractivity contribution < 1.29 is 4.79 Å². The van der Waals surface area contributed by atoms with Gasteiger partial charge in [-0.3, -0.25) is 4.79 Å². The van der Waals surface area contributed by atoms with E-state index in [-0.39, 0.29) is 5.91 Å². The number of nitrogens with zero attached hydrogens (tertiary/aromatic N) is 5. The summed E-state index contributed by atoms with van der Waals surface area (Å²) in [6.45, 7) is 4.18. The summed E-state index contributed by atoms with van der Waals surface area (Å²) >= 11 is 1.58. The van der Waals surface area contributed by atoms with E-state index in [1.165, 1.54) is 10.4 Å². The number of amides is 1. The number of aryl methyl sites for hydroxylation is 1. The van der Waals surface area contributed by atoms with Crippen LogP contribution < -0.4 is 5.32 Å². The smallest absolute Gasteiger partial charge is 0.261 e. The molecule has 124 valence electrons. The lowest BCUT2D eigenvalue weighted by Gasteiger charge is -2.21. The van der Waals surface area contributed by atoms with Crippen molar-refractivity contribution in [2.24, 2.45) is 0 Å². The predicted octanol–water partition coefficient (Wildman–Crippen LogP) is 1.41. The third kappa shape index (κ3) is 2.78. The van der Waals surface area contributed by atoms with Crippen LogP contribution >= 0.6 is 11.3 Å². The monoisotopic (exact) mass is 342 g/mol. The van der Waals surface area contributed by atoms with E-state index in [2.05, 4.69) is 32.6 Å². The maximum absolute atomic E-state index is 12.5. The van der Waals surface area contributed by atoms with Gasteiger partial charge < -0.3 is 10.2 Å². The molecule has 1 N–H and O–H groups in total. The first-order chi connectivity index (χ1) is 11.6. The molecule has 3 aromatic heterocycles. The number of thiophene rings is 1. The summed E-state index contributed by atoms with van der Waals surface area (Å²) < 4.78 is 1.67. The molecule has 0 unspecified atom stereocenters. The molecular weight excluding hydrogens is 324 g/mol. The SMILES string of the molecule is Cc1ccc2nnc(CNC(=O)c3cc4c(s3)CN(C)CC4)n2n1. The zero-order chi connectivity index (χ0) is 16.7. The van der Waals surface area contributed by atoms with E-state index in [1.807, 2.05) is 25.1 Å². The molecule has 4 rings (SSSR count). The molecule has 1 aliphatic heterocycles. The number of rotatable bonds is 3. The first kappa shape index (κ1) is 15.2. The Hall–Kier alpha value is -2.32. The lowest BCUT2D eigenvalue weighted by Crippen LogP contribution is -2.24. The Bertz CT molecular complexity index is 915. The minimum absolute atomic E-state index is 0.0681. The van der Waals surface area contributed by atoms with Gasteiger partial charge in [-0.15, -0.1) is 21.5 Å². The van der Waals surface area contributed by atoms with Gasteiger partial charge in [-0.25, -0.2) is 0 Å². The van der Waals surface area contributed by atoms with Gasteiger partial charge in [-0.05, 0) is 44.2 Å². The highest BCUT2D eigenvalue weighted by Gasteiger charge is 2.19. The first-order valence-electron chi connectivity index (χ1n) is 7.86. The molecule has 1 aliphatic rings. The molecule has 0 spiro atoms. The zero-order valence-electron chi connectivity index (χ0n) is 13.6. The summed E-state index contributed by atoms with van der Waals surface area (Å²) in [5, 5.41) is 15.5. The summed E-state index contributed by atoms with van der Waals surface area (Å²) in [5.41, 5.74) is 2.86. The Labute approximate surface area is 143 Å². The molecule has 0 fully saturated rings. The third-order valence-electron chi connectivity index (χ3n) is 4.16. The van der Waals surface area contributed by atoms with Gasteiger partial charge >= 0.3 is 0 Å². The Morgan fingerprint density at radius 2 is 2.25 bits per heavy atom. The number of nitrogens with one attached hydrogen (secondary N) is 1. The van der Waals surface area contributed by atoms with Crippen LogP contribution in [0.1, 0.15) is 31.6 Å². The van der Waals surface area contributed by atoms with Crippen molar-refractivity contribution in [2.75, 3.05) is 13.6 Å². The highest BCUT2D eigenvalue weighted by atomic mass is 32.1. The number of carbonyl (C=O) groups is 1. The van der Waals surface area contributed by atoms with Crippen molar-refractivity contribution in [3.8, 4) is 0 Å². The second-order valence-electron chi connectivity index (χ2n) is 6.09. The molecule has 0 atom stereocenters. The predicted molar refractivity (Wildman–Crippen MR) is 91.0 cm³/mol. The fraction of sp³-hybridized carbons (Fsp3) is 0.375. The molecule has 8 heteroatoms. The first-order valence-corrected chi connectivity index (χ1v) is 8.68. The fourth-order valence-corrected chi connectivity index (χ4v) is 4.05. The van der Waals surface area contributed by atoms with E-state index in [9.17, 15) is 4.79 Å². The number of hydrogen-bond acceptors (Lipinski definition) is 6. The normalized spacial score (nSPS) is 14.8. The van der Waals surface area contributed by atoms with Crippen molar-refractivity contribution in [2.45, 2.75) is 26.4 Å². The van der Waals surface area contributed by atoms with E-state index >= 15 is 0 Å². The molecule has 0 aliphatic carbocycles. The number of likely N-dealkylation sites (N-methyl/N-ethyl adjacent to an activating group) is 1. The second-order valence-corrected chi connectivity index (χ2v) is 7.23. The quantitative estimate of drug-likeness (QED) is 0.779. The van der Waals surface area contributed by atoms with Crippen LogP contribution in [-0.2, 0) is 19.5 Å². The van der Waals surface area contributed by atoms with Gasteiger partial charge in [-0.1, -0.05) is 0 Å². The average Bonchev–Trinajstić information content (AvgIpc) is 3.15. The highest BCUT2D eigenvalue weighted by molar-refractivity contribution is 7.14. The van der Waals surface area contributed by atoms with E-state index in [0.29, 0.717) is 18.0 Å². The highest BCUT2D eigenvalue weighted by Crippen LogP contribution is 2.27. The number of carbonyl (C=O) groups excluding carboxylic acids is 1. The minimum Gasteiger partial charge on any atom is -0.344 e. The molecule has 0 saturated heterocycles. The molecule has 7 nitrogen and oxygen atoms in total. The largest absolute Gasteiger partial charge is 0.344 e. The van der Waals surface area contributed by atoms with Gasteiger partial charge in [0, 0.05) is 18.0 Å². The van der Waals surface area contributed by atoms with Gasteiger partial charge in [0.15, 0.2) is 11.5 Å². The van der Waals surface area contributed by atoms with Gasteiger partial charge in [0.25, 0.3) is 5.91 Å². The maximum Gasteiger partial charge on any atom is 0.261 e. The molecule has 0 bridgehead atoms. The number of aromatic nitrogens is 4. The molecule has 0 saturated carbocycles. The molecule has 3 aromatic rings. The Balaban J connectivity index is 1.49. The molecule has 0 aromatic carbocycles. The van der Waals surface area contributed by atoms with Crippen LogP contribution in [0.3, 0.4) is 0 Å². The Morgan fingerprint density at radius 3 is 3.12 bits per heavy atom. The lowest BCUT2D eigenvalue weighted by atomic mass is 10.1. The van der Waals surface area contributed by atoms with Gasteiger partial charge in [0.05, 0.1) is 17.1 Å². The van der Waals surface area contributed by atoms with Crippen molar-refractivity contribution in [3.63, 3.8) is 0 Å². The summed E-state index contributed by atoms with van der Waals surface area (Å²) in [4.78, 5) is 16.8. The minimum atomic E-state index is -0.0681. The van der Waals surface area contributed by atoms with Gasteiger partial charge in [-0.2, -0.15) is 9.61 Å². The average molecular weight is 342 g/mol. The summed E-state index contributed by atoms with van der Waals surface area (Å²) in [7, 11) is 2.10. The Kier molecular flexibility index (Phi) is 3.78. The van der Waals surface area contributed by atoms with E-state index in [0.717, 1.165) is 30.1 Å². The molecule has 1 amide bonds. The van der Waals surface area contributed by atoms with Crippen LogP contribution in [0.15, 0.2) is 18.2 Å². The van der Waals surface area contributed by atoms with Crippen molar-refractivity contribution in [3.05, 3.63) is 45.0 Å². The van der Waals surface area contributed by atoms with Crippen LogP contribution in [0.5, 0.6) is 0 Å². The number of hydrogen-bond donors (Lipinski definition) is 1. The summed E-state index contributed by atoms with van der Waals surface area (Å²) in [5.74, 6) is 0.560.